The summed E-state index contributed by atoms with van der Waals surface area (Å²) >= 11 is 0. The van der Waals surface area contributed by atoms with E-state index in [1.807, 2.05) is 19.9 Å². The maximum absolute atomic E-state index is 12.3. The van der Waals surface area contributed by atoms with Crippen LogP contribution in [0.4, 0.5) is 0 Å². The zero-order chi connectivity index (χ0) is 20.1. The minimum atomic E-state index is -0.685. The van der Waals surface area contributed by atoms with Gasteiger partial charge < -0.3 is 14.6 Å². The number of rotatable bonds is 8. The Bertz CT molecular complexity index is 702. The number of cyclic esters (lactones) is 1. The number of aromatic hydroxyl groups is 1. The SMILES string of the molecule is CCCOc1cc(O)c(CC)cc1CCC1(C2CCCC2)CC(=O)CC(=O)O1. The summed E-state index contributed by atoms with van der Waals surface area (Å²) in [5.41, 5.74) is 1.20. The number of ketones is 1. The van der Waals surface area contributed by atoms with Gasteiger partial charge in [-0.2, -0.15) is 0 Å². The first-order valence-electron chi connectivity index (χ1n) is 10.7. The molecule has 1 aliphatic carbocycles. The van der Waals surface area contributed by atoms with Crippen molar-refractivity contribution < 1.29 is 24.2 Å². The lowest BCUT2D eigenvalue weighted by atomic mass is 9.76. The highest BCUT2D eigenvalue weighted by molar-refractivity contribution is 5.98. The summed E-state index contributed by atoms with van der Waals surface area (Å²) < 4.78 is 11.8. The Labute approximate surface area is 167 Å². The average Bonchev–Trinajstić information content (AvgIpc) is 3.20. The molecule has 2 fully saturated rings. The second kappa shape index (κ2) is 8.97. The largest absolute Gasteiger partial charge is 0.508 e. The van der Waals surface area contributed by atoms with Gasteiger partial charge in [0.2, 0.25) is 0 Å². The molecule has 1 saturated carbocycles. The minimum Gasteiger partial charge on any atom is -0.508 e. The Morgan fingerprint density at radius 3 is 2.57 bits per heavy atom. The van der Waals surface area contributed by atoms with Crippen LogP contribution in [0, 0.1) is 5.92 Å². The van der Waals surface area contributed by atoms with Gasteiger partial charge in [-0.3, -0.25) is 9.59 Å². The van der Waals surface area contributed by atoms with Gasteiger partial charge in [-0.1, -0.05) is 26.7 Å². The van der Waals surface area contributed by atoms with Crippen molar-refractivity contribution >= 4 is 11.8 Å². The first-order valence-corrected chi connectivity index (χ1v) is 10.7. The van der Waals surface area contributed by atoms with Crippen LogP contribution in [0.2, 0.25) is 0 Å². The van der Waals surface area contributed by atoms with E-state index in [0.717, 1.165) is 49.7 Å². The molecule has 1 saturated heterocycles. The fraction of sp³-hybridized carbons (Fsp3) is 0.652. The highest BCUT2D eigenvalue weighted by Gasteiger charge is 2.47. The van der Waals surface area contributed by atoms with Crippen molar-refractivity contribution in [2.75, 3.05) is 6.61 Å². The molecule has 1 aliphatic heterocycles. The fourth-order valence-corrected chi connectivity index (χ4v) is 4.72. The molecule has 1 unspecified atom stereocenters. The van der Waals surface area contributed by atoms with Crippen molar-refractivity contribution in [3.63, 3.8) is 0 Å². The Morgan fingerprint density at radius 2 is 1.93 bits per heavy atom. The molecule has 0 radical (unpaired) electrons. The molecule has 1 aromatic rings. The first-order chi connectivity index (χ1) is 13.5. The van der Waals surface area contributed by atoms with Crippen molar-refractivity contribution in [3.05, 3.63) is 23.3 Å². The molecular weight excluding hydrogens is 356 g/mol. The molecule has 28 heavy (non-hydrogen) atoms. The highest BCUT2D eigenvalue weighted by atomic mass is 16.6. The van der Waals surface area contributed by atoms with Crippen LogP contribution in [0.15, 0.2) is 12.1 Å². The van der Waals surface area contributed by atoms with Gasteiger partial charge in [0.25, 0.3) is 0 Å². The maximum Gasteiger partial charge on any atom is 0.313 e. The Kier molecular flexibility index (Phi) is 6.63. The quantitative estimate of drug-likeness (QED) is 0.524. The third-order valence-electron chi connectivity index (χ3n) is 6.18. The van der Waals surface area contributed by atoms with Crippen LogP contribution < -0.4 is 4.74 Å². The molecule has 154 valence electrons. The normalized spacial score (nSPS) is 23.1. The van der Waals surface area contributed by atoms with Crippen LogP contribution in [-0.4, -0.2) is 29.1 Å². The molecular formula is C23H32O5. The summed E-state index contributed by atoms with van der Waals surface area (Å²) in [7, 11) is 0. The molecule has 1 heterocycles. The summed E-state index contributed by atoms with van der Waals surface area (Å²) in [6.07, 6.45) is 7.39. The topological polar surface area (TPSA) is 72.8 Å². The van der Waals surface area contributed by atoms with E-state index in [0.29, 0.717) is 31.6 Å². The first kappa shape index (κ1) is 20.7. The molecule has 0 aromatic heterocycles. The number of carbonyl (C=O) groups excluding carboxylic acids is 2. The van der Waals surface area contributed by atoms with Gasteiger partial charge in [-0.25, -0.2) is 0 Å². The monoisotopic (exact) mass is 388 g/mol. The molecule has 1 N–H and O–H groups in total. The second-order valence-corrected chi connectivity index (χ2v) is 8.20. The molecule has 5 heteroatoms. The van der Waals surface area contributed by atoms with Gasteiger partial charge in [0.1, 0.15) is 29.3 Å². The number of phenols is 1. The summed E-state index contributed by atoms with van der Waals surface area (Å²) in [6, 6.07) is 3.69. The minimum absolute atomic E-state index is 0.00874. The molecule has 1 aromatic carbocycles. The van der Waals surface area contributed by atoms with Crippen molar-refractivity contribution in [1.29, 1.82) is 0 Å². The van der Waals surface area contributed by atoms with Gasteiger partial charge in [-0.15, -0.1) is 0 Å². The molecule has 1 atom stereocenters. The molecule has 0 spiro atoms. The molecule has 0 amide bonds. The fourth-order valence-electron chi connectivity index (χ4n) is 4.72. The summed E-state index contributed by atoms with van der Waals surface area (Å²) in [5.74, 6) is 0.799. The van der Waals surface area contributed by atoms with E-state index in [4.69, 9.17) is 9.47 Å². The summed E-state index contributed by atoms with van der Waals surface area (Å²) in [4.78, 5) is 24.4. The third-order valence-corrected chi connectivity index (χ3v) is 6.18. The lowest BCUT2D eigenvalue weighted by Gasteiger charge is -2.41. The Morgan fingerprint density at radius 1 is 1.18 bits per heavy atom. The van der Waals surface area contributed by atoms with Crippen LogP contribution in [0.25, 0.3) is 0 Å². The molecule has 2 aliphatic rings. The van der Waals surface area contributed by atoms with E-state index in [9.17, 15) is 14.7 Å². The van der Waals surface area contributed by atoms with E-state index >= 15 is 0 Å². The van der Waals surface area contributed by atoms with Crippen LogP contribution in [0.3, 0.4) is 0 Å². The lowest BCUT2D eigenvalue weighted by Crippen LogP contribution is -2.48. The number of hydrogen-bond donors (Lipinski definition) is 1. The van der Waals surface area contributed by atoms with E-state index in [2.05, 4.69) is 0 Å². The van der Waals surface area contributed by atoms with E-state index in [-0.39, 0.29) is 29.8 Å². The highest BCUT2D eigenvalue weighted by Crippen LogP contribution is 2.44. The van der Waals surface area contributed by atoms with Gasteiger partial charge in [0.15, 0.2) is 0 Å². The van der Waals surface area contributed by atoms with Gasteiger partial charge >= 0.3 is 5.97 Å². The smallest absolute Gasteiger partial charge is 0.313 e. The zero-order valence-corrected chi connectivity index (χ0v) is 17.1. The average molecular weight is 389 g/mol. The maximum atomic E-state index is 12.3. The number of Topliss-reactive ketones (excluding diaryl/α,β-unsaturated/α-hetero) is 1. The number of ether oxygens (including phenoxy) is 2. The molecule has 5 nitrogen and oxygen atoms in total. The van der Waals surface area contributed by atoms with Crippen molar-refractivity contribution in [1.82, 2.24) is 0 Å². The number of carbonyl (C=O) groups is 2. The second-order valence-electron chi connectivity index (χ2n) is 8.20. The Balaban J connectivity index is 1.86. The Hall–Kier alpha value is -2.04. The molecule has 0 bridgehead atoms. The number of hydrogen-bond acceptors (Lipinski definition) is 5. The number of benzene rings is 1. The van der Waals surface area contributed by atoms with Gasteiger partial charge in [-0.05, 0) is 61.6 Å². The van der Waals surface area contributed by atoms with Crippen LogP contribution in [0.1, 0.15) is 76.3 Å². The summed E-state index contributed by atoms with van der Waals surface area (Å²) in [6.45, 7) is 4.63. The van der Waals surface area contributed by atoms with Crippen molar-refractivity contribution in [3.8, 4) is 11.5 Å². The lowest BCUT2D eigenvalue weighted by molar-refractivity contribution is -0.178. The predicted molar refractivity (Wildman–Crippen MR) is 107 cm³/mol. The number of esters is 1. The van der Waals surface area contributed by atoms with Crippen molar-refractivity contribution in [2.45, 2.75) is 83.7 Å². The number of aryl methyl sites for hydroxylation is 2. The number of phenolic OH excluding ortho intramolecular Hbond substituents is 1. The predicted octanol–water partition coefficient (Wildman–Crippen LogP) is 4.51. The zero-order valence-electron chi connectivity index (χ0n) is 17.1. The summed E-state index contributed by atoms with van der Waals surface area (Å²) in [5, 5.41) is 10.2. The van der Waals surface area contributed by atoms with Crippen LogP contribution in [-0.2, 0) is 27.2 Å². The van der Waals surface area contributed by atoms with Crippen LogP contribution >= 0.6 is 0 Å². The third kappa shape index (κ3) is 4.50. The van der Waals surface area contributed by atoms with E-state index in [1.54, 1.807) is 6.07 Å². The van der Waals surface area contributed by atoms with E-state index in [1.165, 1.54) is 0 Å². The molecule has 3 rings (SSSR count). The van der Waals surface area contributed by atoms with Crippen molar-refractivity contribution in [2.24, 2.45) is 5.92 Å². The van der Waals surface area contributed by atoms with E-state index < -0.39 is 5.60 Å². The van der Waals surface area contributed by atoms with Crippen LogP contribution in [0.5, 0.6) is 11.5 Å². The van der Waals surface area contributed by atoms with Gasteiger partial charge in [0.05, 0.1) is 6.61 Å². The standard InChI is InChI=1S/C23H32O5/c1-3-11-27-21-14-20(25)16(4-2)12-17(21)9-10-23(18-7-5-6-8-18)15-19(24)13-22(26)28-23/h12,14,18,25H,3-11,13,15H2,1-2H3. The van der Waals surface area contributed by atoms with Gasteiger partial charge in [0, 0.05) is 12.5 Å².